The van der Waals surface area contributed by atoms with Crippen molar-refractivity contribution in [1.29, 1.82) is 0 Å². The highest BCUT2D eigenvalue weighted by atomic mass is 16.5. The molecule has 0 N–H and O–H groups in total. The molecule has 1 aliphatic heterocycles. The van der Waals surface area contributed by atoms with Crippen LogP contribution >= 0.6 is 0 Å². The monoisotopic (exact) mass is 408 g/mol. The van der Waals surface area contributed by atoms with Crippen molar-refractivity contribution >= 4 is 11.6 Å². The second kappa shape index (κ2) is 9.22. The predicted octanol–water partition coefficient (Wildman–Crippen LogP) is 5.02. The molecule has 0 spiro atoms. The number of hydrogen-bond acceptors (Lipinski definition) is 3. The summed E-state index contributed by atoms with van der Waals surface area (Å²) in [4.78, 5) is 16.5. The first-order chi connectivity index (χ1) is 14.2. The number of nitrogens with zero attached hydrogens (tertiary/aromatic N) is 2. The summed E-state index contributed by atoms with van der Waals surface area (Å²) in [6.07, 6.45) is 2.90. The minimum atomic E-state index is -0.156. The fourth-order valence-electron chi connectivity index (χ4n) is 4.69. The Labute approximate surface area is 181 Å². The highest BCUT2D eigenvalue weighted by molar-refractivity contribution is 5.73. The molecule has 0 saturated carbocycles. The highest BCUT2D eigenvalue weighted by Gasteiger charge is 2.42. The third-order valence-electron chi connectivity index (χ3n) is 6.36. The molecule has 0 bridgehead atoms. The number of ether oxygens (including phenoxy) is 1. The lowest BCUT2D eigenvalue weighted by Crippen LogP contribution is -2.46. The van der Waals surface area contributed by atoms with E-state index >= 15 is 0 Å². The standard InChI is InChI=1S/C26H36N2O2/c1-21(29)28(19-22-11-13-24(14-12-22)27(4)5)17-15-26(23-9-7-6-8-10-23)16-18-30-25(2,3)20-26/h6-14H,15-20H2,1-5H3. The molecule has 162 valence electrons. The van der Waals surface area contributed by atoms with Gasteiger partial charge in [0.2, 0.25) is 5.91 Å². The third kappa shape index (κ3) is 5.42. The summed E-state index contributed by atoms with van der Waals surface area (Å²) in [5.41, 5.74) is 3.57. The van der Waals surface area contributed by atoms with Crippen molar-refractivity contribution in [2.24, 2.45) is 0 Å². The summed E-state index contributed by atoms with van der Waals surface area (Å²) < 4.78 is 6.04. The van der Waals surface area contributed by atoms with Gasteiger partial charge in [-0.1, -0.05) is 42.5 Å². The first-order valence-electron chi connectivity index (χ1n) is 10.9. The van der Waals surface area contributed by atoms with Crippen LogP contribution in [-0.4, -0.2) is 43.7 Å². The summed E-state index contributed by atoms with van der Waals surface area (Å²) in [5.74, 6) is 0.126. The van der Waals surface area contributed by atoms with Crippen LogP contribution in [0, 0.1) is 0 Å². The summed E-state index contributed by atoms with van der Waals surface area (Å²) in [6, 6.07) is 19.2. The lowest BCUT2D eigenvalue weighted by Gasteiger charge is -2.46. The van der Waals surface area contributed by atoms with E-state index in [1.54, 1.807) is 6.92 Å². The van der Waals surface area contributed by atoms with Gasteiger partial charge in [0.15, 0.2) is 0 Å². The number of rotatable bonds is 7. The van der Waals surface area contributed by atoms with Gasteiger partial charge < -0.3 is 14.5 Å². The molecular weight excluding hydrogens is 372 g/mol. The summed E-state index contributed by atoms with van der Waals surface area (Å²) in [5, 5.41) is 0. The van der Waals surface area contributed by atoms with Crippen molar-refractivity contribution < 1.29 is 9.53 Å². The molecular formula is C26H36N2O2. The molecule has 1 heterocycles. The second-order valence-electron chi connectivity index (χ2n) is 9.43. The van der Waals surface area contributed by atoms with Crippen molar-refractivity contribution in [3.05, 3.63) is 65.7 Å². The topological polar surface area (TPSA) is 32.8 Å². The number of amides is 1. The van der Waals surface area contributed by atoms with Crippen LogP contribution in [0.5, 0.6) is 0 Å². The Balaban J connectivity index is 1.77. The van der Waals surface area contributed by atoms with E-state index in [1.807, 2.05) is 19.0 Å². The Kier molecular flexibility index (Phi) is 6.87. The smallest absolute Gasteiger partial charge is 0.219 e. The molecule has 30 heavy (non-hydrogen) atoms. The van der Waals surface area contributed by atoms with Gasteiger partial charge in [-0.05, 0) is 56.4 Å². The van der Waals surface area contributed by atoms with Crippen LogP contribution in [0.4, 0.5) is 5.69 Å². The number of carbonyl (C=O) groups excluding carboxylic acids is 1. The molecule has 1 amide bonds. The van der Waals surface area contributed by atoms with Gasteiger partial charge in [0.05, 0.1) is 5.60 Å². The van der Waals surface area contributed by atoms with E-state index < -0.39 is 0 Å². The second-order valence-corrected chi connectivity index (χ2v) is 9.43. The van der Waals surface area contributed by atoms with Crippen molar-refractivity contribution in [3.8, 4) is 0 Å². The van der Waals surface area contributed by atoms with Crippen molar-refractivity contribution in [3.63, 3.8) is 0 Å². The van der Waals surface area contributed by atoms with Crippen LogP contribution < -0.4 is 4.90 Å². The molecule has 3 rings (SSSR count). The van der Waals surface area contributed by atoms with E-state index in [9.17, 15) is 4.79 Å². The van der Waals surface area contributed by atoms with Gasteiger partial charge in [-0.3, -0.25) is 4.79 Å². The summed E-state index contributed by atoms with van der Waals surface area (Å²) in [7, 11) is 4.07. The average Bonchev–Trinajstić information content (AvgIpc) is 2.71. The number of anilines is 1. The van der Waals surface area contributed by atoms with Crippen molar-refractivity contribution in [2.75, 3.05) is 32.1 Å². The van der Waals surface area contributed by atoms with Gasteiger partial charge in [-0.15, -0.1) is 0 Å². The van der Waals surface area contributed by atoms with Crippen LogP contribution in [0.3, 0.4) is 0 Å². The van der Waals surface area contributed by atoms with E-state index in [2.05, 4.69) is 73.3 Å². The maximum absolute atomic E-state index is 12.5. The first kappa shape index (κ1) is 22.4. The van der Waals surface area contributed by atoms with Crippen LogP contribution in [0.2, 0.25) is 0 Å². The van der Waals surface area contributed by atoms with Crippen molar-refractivity contribution in [2.45, 2.75) is 57.6 Å². The Morgan fingerprint density at radius 1 is 1.03 bits per heavy atom. The summed E-state index contributed by atoms with van der Waals surface area (Å²) in [6.45, 7) is 8.19. The Hall–Kier alpha value is -2.33. The first-order valence-corrected chi connectivity index (χ1v) is 10.9. The molecule has 2 aromatic carbocycles. The number of carbonyl (C=O) groups is 1. The maximum atomic E-state index is 12.5. The van der Waals surface area contributed by atoms with Gasteiger partial charge >= 0.3 is 0 Å². The zero-order valence-electron chi connectivity index (χ0n) is 19.1. The van der Waals surface area contributed by atoms with Gasteiger partial charge in [-0.25, -0.2) is 0 Å². The highest BCUT2D eigenvalue weighted by Crippen LogP contribution is 2.44. The molecule has 1 saturated heterocycles. The van der Waals surface area contributed by atoms with Crippen LogP contribution in [-0.2, 0) is 21.5 Å². The molecule has 1 unspecified atom stereocenters. The molecule has 4 nitrogen and oxygen atoms in total. The normalized spacial score (nSPS) is 20.6. The quantitative estimate of drug-likeness (QED) is 0.645. The largest absolute Gasteiger partial charge is 0.378 e. The zero-order chi connectivity index (χ0) is 21.8. The van der Waals surface area contributed by atoms with Crippen LogP contribution in [0.15, 0.2) is 54.6 Å². The lowest BCUT2D eigenvalue weighted by atomic mass is 9.67. The zero-order valence-corrected chi connectivity index (χ0v) is 19.1. The van der Waals surface area contributed by atoms with Crippen LogP contribution in [0.1, 0.15) is 51.2 Å². The fraction of sp³-hybridized carbons (Fsp3) is 0.500. The molecule has 1 atom stereocenters. The fourth-order valence-corrected chi connectivity index (χ4v) is 4.69. The van der Waals surface area contributed by atoms with Crippen molar-refractivity contribution in [1.82, 2.24) is 4.90 Å². The van der Waals surface area contributed by atoms with E-state index in [0.717, 1.165) is 38.0 Å². The van der Waals surface area contributed by atoms with Gasteiger partial charge in [0.1, 0.15) is 0 Å². The Morgan fingerprint density at radius 3 is 2.27 bits per heavy atom. The van der Waals surface area contributed by atoms with E-state index in [4.69, 9.17) is 4.74 Å². The minimum Gasteiger partial charge on any atom is -0.378 e. The number of hydrogen-bond donors (Lipinski definition) is 0. The van der Waals surface area contributed by atoms with E-state index in [1.165, 1.54) is 11.3 Å². The minimum absolute atomic E-state index is 0.0332. The molecule has 0 radical (unpaired) electrons. The van der Waals surface area contributed by atoms with E-state index in [-0.39, 0.29) is 16.9 Å². The Bertz CT molecular complexity index is 830. The molecule has 4 heteroatoms. The molecule has 0 aromatic heterocycles. The van der Waals surface area contributed by atoms with E-state index in [0.29, 0.717) is 6.54 Å². The predicted molar refractivity (Wildman–Crippen MR) is 124 cm³/mol. The van der Waals surface area contributed by atoms with Gasteiger partial charge in [0.25, 0.3) is 0 Å². The third-order valence-corrected chi connectivity index (χ3v) is 6.36. The van der Waals surface area contributed by atoms with Gasteiger partial charge in [0, 0.05) is 51.8 Å². The molecule has 1 aliphatic rings. The molecule has 0 aliphatic carbocycles. The maximum Gasteiger partial charge on any atom is 0.219 e. The number of benzene rings is 2. The van der Waals surface area contributed by atoms with Gasteiger partial charge in [-0.2, -0.15) is 0 Å². The molecule has 2 aromatic rings. The molecule has 1 fully saturated rings. The summed E-state index contributed by atoms with van der Waals surface area (Å²) >= 11 is 0. The van der Waals surface area contributed by atoms with Crippen LogP contribution in [0.25, 0.3) is 0 Å². The average molecular weight is 409 g/mol. The lowest BCUT2D eigenvalue weighted by molar-refractivity contribution is -0.130. The SMILES string of the molecule is CC(=O)N(CCC1(c2ccccc2)CCOC(C)(C)C1)Cc1ccc(N(C)C)cc1. The Morgan fingerprint density at radius 2 is 1.70 bits per heavy atom.